The van der Waals surface area contributed by atoms with Crippen LogP contribution < -0.4 is 14.9 Å². The highest BCUT2D eigenvalue weighted by Crippen LogP contribution is 2.40. The number of para-hydroxylation sites is 1. The highest BCUT2D eigenvalue weighted by Gasteiger charge is 2.34. The number of hydrogen-bond donors (Lipinski definition) is 2. The first kappa shape index (κ1) is 21.0. The predicted octanol–water partition coefficient (Wildman–Crippen LogP) is 2.64. The fraction of sp³-hybridized carbons (Fsp3) is 0.316. The lowest BCUT2D eigenvalue weighted by molar-refractivity contribution is -0.118. The largest absolute Gasteiger partial charge is 0.354 e. The van der Waals surface area contributed by atoms with Crippen LogP contribution in [0.5, 0.6) is 0 Å². The van der Waals surface area contributed by atoms with Gasteiger partial charge in [0.15, 0.2) is 0 Å². The smallest absolute Gasteiger partial charge is 0.264 e. The van der Waals surface area contributed by atoms with E-state index >= 15 is 0 Å². The Morgan fingerprint density at radius 1 is 1.18 bits per heavy atom. The monoisotopic (exact) mass is 439 g/mol. The lowest BCUT2D eigenvalue weighted by Gasteiger charge is -2.22. The van der Waals surface area contributed by atoms with E-state index in [-0.39, 0.29) is 16.8 Å². The van der Waals surface area contributed by atoms with Gasteiger partial charge in [0.2, 0.25) is 5.91 Å². The number of nitrogens with zero attached hydrogens (tertiary/aromatic N) is 1. The summed E-state index contributed by atoms with van der Waals surface area (Å²) in [5.74, 6) is 0.390. The maximum absolute atomic E-state index is 13.2. The Morgan fingerprint density at radius 2 is 1.93 bits per heavy atom. The van der Waals surface area contributed by atoms with Gasteiger partial charge in [-0.15, -0.1) is 0 Å². The molecular formula is C19H22ClN3O3S2. The summed E-state index contributed by atoms with van der Waals surface area (Å²) in [4.78, 5) is 11.8. The van der Waals surface area contributed by atoms with Gasteiger partial charge in [-0.2, -0.15) is 11.8 Å². The third-order valence-corrected chi connectivity index (χ3v) is 7.20. The number of nitrogens with one attached hydrogen (secondary N) is 2. The fourth-order valence-electron chi connectivity index (χ4n) is 3.25. The summed E-state index contributed by atoms with van der Waals surface area (Å²) in [6.45, 7) is 0.939. The van der Waals surface area contributed by atoms with E-state index in [1.165, 1.54) is 22.1 Å². The molecule has 0 aromatic heterocycles. The second kappa shape index (κ2) is 8.73. The molecule has 1 aliphatic heterocycles. The van der Waals surface area contributed by atoms with Gasteiger partial charge in [0, 0.05) is 25.2 Å². The molecule has 9 heteroatoms. The maximum atomic E-state index is 13.2. The molecule has 1 heterocycles. The van der Waals surface area contributed by atoms with Crippen molar-refractivity contribution in [1.29, 1.82) is 0 Å². The molecule has 6 nitrogen and oxygen atoms in total. The van der Waals surface area contributed by atoms with Crippen molar-refractivity contribution in [3.8, 4) is 0 Å². The van der Waals surface area contributed by atoms with Crippen molar-refractivity contribution < 1.29 is 13.2 Å². The molecule has 1 amide bonds. The molecule has 0 spiro atoms. The molecule has 28 heavy (non-hydrogen) atoms. The number of anilines is 1. The standard InChI is InChI=1S/C19H22ClN3O3S2/c1-23-16-6-4-3-5-14(16)19(22-10-9-21-18(24)12-27-2)15-8-7-13(20)11-17(15)28(23,25)26/h3-8,11,19,22H,9-10,12H2,1-2H3,(H,21,24). The van der Waals surface area contributed by atoms with E-state index in [4.69, 9.17) is 11.6 Å². The number of carbonyl (C=O) groups is 1. The molecule has 1 atom stereocenters. The van der Waals surface area contributed by atoms with Gasteiger partial charge >= 0.3 is 0 Å². The molecule has 2 N–H and O–H groups in total. The van der Waals surface area contributed by atoms with Crippen LogP contribution >= 0.6 is 23.4 Å². The van der Waals surface area contributed by atoms with E-state index in [9.17, 15) is 13.2 Å². The number of halogens is 1. The Labute approximate surface area is 174 Å². The van der Waals surface area contributed by atoms with Crippen LogP contribution in [0.1, 0.15) is 17.2 Å². The number of thioether (sulfide) groups is 1. The third kappa shape index (κ3) is 4.15. The summed E-state index contributed by atoms with van der Waals surface area (Å²) >= 11 is 7.57. The van der Waals surface area contributed by atoms with E-state index in [0.717, 1.165) is 5.56 Å². The maximum Gasteiger partial charge on any atom is 0.264 e. The molecule has 3 rings (SSSR count). The van der Waals surface area contributed by atoms with Crippen molar-refractivity contribution in [2.24, 2.45) is 0 Å². The minimum Gasteiger partial charge on any atom is -0.354 e. The van der Waals surface area contributed by atoms with Gasteiger partial charge in [0.05, 0.1) is 22.4 Å². The minimum absolute atomic E-state index is 0.0231. The molecule has 0 saturated heterocycles. The second-order valence-electron chi connectivity index (χ2n) is 6.38. The summed E-state index contributed by atoms with van der Waals surface area (Å²) in [7, 11) is -2.20. The summed E-state index contributed by atoms with van der Waals surface area (Å²) in [6.07, 6.45) is 1.87. The van der Waals surface area contributed by atoms with Crippen LogP contribution in [-0.4, -0.2) is 46.5 Å². The van der Waals surface area contributed by atoms with Crippen molar-refractivity contribution in [1.82, 2.24) is 10.6 Å². The molecule has 150 valence electrons. The summed E-state index contributed by atoms with van der Waals surface area (Å²) in [6, 6.07) is 12.0. The quantitative estimate of drug-likeness (QED) is 0.676. The molecule has 1 unspecified atom stereocenters. The fourth-order valence-corrected chi connectivity index (χ4v) is 5.33. The number of amides is 1. The van der Waals surface area contributed by atoms with Gasteiger partial charge in [-0.3, -0.25) is 9.10 Å². The summed E-state index contributed by atoms with van der Waals surface area (Å²) in [5.41, 5.74) is 2.10. The molecule has 0 fully saturated rings. The minimum atomic E-state index is -3.74. The van der Waals surface area contributed by atoms with Crippen LogP contribution in [0.15, 0.2) is 47.4 Å². The molecule has 2 aromatic carbocycles. The van der Waals surface area contributed by atoms with Gasteiger partial charge in [-0.05, 0) is 35.6 Å². The highest BCUT2D eigenvalue weighted by atomic mass is 35.5. The van der Waals surface area contributed by atoms with Gasteiger partial charge in [-0.1, -0.05) is 35.9 Å². The number of carbonyl (C=O) groups excluding carboxylic acids is 1. The SMILES string of the molecule is CSCC(=O)NCCNC1c2ccccc2N(C)S(=O)(=O)c2cc(Cl)ccc21. The summed E-state index contributed by atoms with van der Waals surface area (Å²) < 4.78 is 27.6. The van der Waals surface area contributed by atoms with E-state index in [1.54, 1.807) is 25.2 Å². The topological polar surface area (TPSA) is 78.5 Å². The summed E-state index contributed by atoms with van der Waals surface area (Å²) in [5, 5.41) is 6.61. The Hall–Kier alpha value is -1.74. The van der Waals surface area contributed by atoms with Crippen molar-refractivity contribution in [2.45, 2.75) is 10.9 Å². The predicted molar refractivity (Wildman–Crippen MR) is 115 cm³/mol. The van der Waals surface area contributed by atoms with Gasteiger partial charge < -0.3 is 10.6 Å². The van der Waals surface area contributed by atoms with E-state index < -0.39 is 10.0 Å². The van der Waals surface area contributed by atoms with Crippen molar-refractivity contribution in [3.63, 3.8) is 0 Å². The Morgan fingerprint density at radius 3 is 2.68 bits per heavy atom. The first-order valence-corrected chi connectivity index (χ1v) is 11.9. The van der Waals surface area contributed by atoms with Gasteiger partial charge in [0.25, 0.3) is 10.0 Å². The molecule has 2 aromatic rings. The van der Waals surface area contributed by atoms with Crippen LogP contribution in [0.25, 0.3) is 0 Å². The van der Waals surface area contributed by atoms with E-state index in [2.05, 4.69) is 10.6 Å². The van der Waals surface area contributed by atoms with Crippen LogP contribution in [0.2, 0.25) is 5.02 Å². The average Bonchev–Trinajstić information content (AvgIpc) is 2.73. The van der Waals surface area contributed by atoms with Crippen LogP contribution in [0.4, 0.5) is 5.69 Å². The van der Waals surface area contributed by atoms with Gasteiger partial charge in [0.1, 0.15) is 0 Å². The van der Waals surface area contributed by atoms with Crippen LogP contribution in [0, 0.1) is 0 Å². The molecular weight excluding hydrogens is 418 g/mol. The van der Waals surface area contributed by atoms with Crippen molar-refractivity contribution in [3.05, 3.63) is 58.6 Å². The number of benzene rings is 2. The molecule has 0 bridgehead atoms. The molecule has 0 aliphatic carbocycles. The number of fused-ring (bicyclic) bond motifs is 2. The Kier molecular flexibility index (Phi) is 6.54. The number of hydrogen-bond acceptors (Lipinski definition) is 5. The molecule has 0 saturated carbocycles. The van der Waals surface area contributed by atoms with Crippen molar-refractivity contribution >= 4 is 45.0 Å². The zero-order chi connectivity index (χ0) is 20.3. The number of sulfonamides is 1. The van der Waals surface area contributed by atoms with E-state index in [0.29, 0.717) is 35.1 Å². The first-order chi connectivity index (χ1) is 13.4. The van der Waals surface area contributed by atoms with Crippen LogP contribution in [-0.2, 0) is 14.8 Å². The normalized spacial score (nSPS) is 17.4. The molecule has 0 radical (unpaired) electrons. The van der Waals surface area contributed by atoms with Crippen molar-refractivity contribution in [2.75, 3.05) is 36.5 Å². The zero-order valence-corrected chi connectivity index (χ0v) is 18.0. The highest BCUT2D eigenvalue weighted by molar-refractivity contribution is 7.99. The third-order valence-electron chi connectivity index (χ3n) is 4.58. The average molecular weight is 440 g/mol. The van der Waals surface area contributed by atoms with Crippen LogP contribution in [0.3, 0.4) is 0 Å². The Balaban J connectivity index is 1.97. The Bertz CT molecular complexity index is 982. The molecule has 1 aliphatic rings. The lowest BCUT2D eigenvalue weighted by atomic mass is 9.97. The first-order valence-electron chi connectivity index (χ1n) is 8.72. The lowest BCUT2D eigenvalue weighted by Crippen LogP contribution is -2.34. The van der Waals surface area contributed by atoms with Gasteiger partial charge in [-0.25, -0.2) is 8.42 Å². The number of rotatable bonds is 6. The zero-order valence-electron chi connectivity index (χ0n) is 15.6. The van der Waals surface area contributed by atoms with E-state index in [1.807, 2.05) is 24.5 Å². The second-order valence-corrected chi connectivity index (χ2v) is 9.62.